The fourth-order valence-corrected chi connectivity index (χ4v) is 3.38. The summed E-state index contributed by atoms with van der Waals surface area (Å²) in [7, 11) is 1.54. The molecule has 1 heterocycles. The number of amides is 5. The van der Waals surface area contributed by atoms with Crippen LogP contribution < -0.4 is 20.1 Å². The number of nitrogens with one attached hydrogen (secondary N) is 2. The van der Waals surface area contributed by atoms with Crippen molar-refractivity contribution in [2.45, 2.75) is 33.3 Å². The Morgan fingerprint density at radius 1 is 1.12 bits per heavy atom. The van der Waals surface area contributed by atoms with Gasteiger partial charge < -0.3 is 14.8 Å². The molecule has 0 aromatic heterocycles. The van der Waals surface area contributed by atoms with Crippen LogP contribution in [0.1, 0.15) is 37.8 Å². The molecule has 2 aromatic rings. The summed E-state index contributed by atoms with van der Waals surface area (Å²) in [6, 6.07) is 11.4. The number of carbonyl (C=O) groups is 4. The number of ether oxygens (including phenoxy) is 2. The number of imide groups is 2. The third-order valence-electron chi connectivity index (χ3n) is 5.11. The molecule has 9 nitrogen and oxygen atoms in total. The van der Waals surface area contributed by atoms with E-state index in [2.05, 4.69) is 10.6 Å². The molecule has 0 aliphatic carbocycles. The lowest BCUT2D eigenvalue weighted by Gasteiger charge is -2.26. The number of hydrogen-bond acceptors (Lipinski definition) is 6. The molecule has 0 atom stereocenters. The summed E-state index contributed by atoms with van der Waals surface area (Å²) in [6.07, 6.45) is 2.91. The molecule has 9 heteroatoms. The molecule has 0 unspecified atom stereocenters. The quantitative estimate of drug-likeness (QED) is 0.433. The van der Waals surface area contributed by atoms with Crippen molar-refractivity contribution in [3.8, 4) is 11.5 Å². The number of urea groups is 1. The van der Waals surface area contributed by atoms with Crippen LogP contribution in [-0.4, -0.2) is 42.3 Å². The van der Waals surface area contributed by atoms with E-state index in [0.717, 1.165) is 11.3 Å². The van der Waals surface area contributed by atoms with E-state index in [1.807, 2.05) is 6.92 Å². The molecule has 1 aliphatic heterocycles. The van der Waals surface area contributed by atoms with Gasteiger partial charge in [-0.3, -0.25) is 24.6 Å². The van der Waals surface area contributed by atoms with Crippen LogP contribution in [0, 0.1) is 0 Å². The zero-order valence-corrected chi connectivity index (χ0v) is 19.3. The second-order valence-electron chi connectivity index (χ2n) is 7.69. The lowest BCUT2D eigenvalue weighted by molar-refractivity contribution is -0.130. The first-order valence-corrected chi connectivity index (χ1v) is 10.9. The first kappa shape index (κ1) is 24.5. The van der Waals surface area contributed by atoms with Crippen LogP contribution in [-0.2, 0) is 21.0 Å². The highest BCUT2D eigenvalue weighted by atomic mass is 16.5. The second kappa shape index (κ2) is 11.1. The molecule has 34 heavy (non-hydrogen) atoms. The van der Waals surface area contributed by atoms with E-state index < -0.39 is 17.8 Å². The van der Waals surface area contributed by atoms with Gasteiger partial charge in [0.05, 0.1) is 7.11 Å². The lowest BCUT2D eigenvalue weighted by atomic mass is 10.0. The Hall–Kier alpha value is -4.14. The Kier molecular flexibility index (Phi) is 8.02. The van der Waals surface area contributed by atoms with Gasteiger partial charge in [0.25, 0.3) is 11.8 Å². The Balaban J connectivity index is 1.79. The third-order valence-corrected chi connectivity index (χ3v) is 5.11. The number of methoxy groups -OCH3 is 1. The molecule has 0 saturated carbocycles. The molecule has 1 aliphatic rings. The van der Waals surface area contributed by atoms with Crippen molar-refractivity contribution in [3.63, 3.8) is 0 Å². The Bertz CT molecular complexity index is 1120. The fourth-order valence-electron chi connectivity index (χ4n) is 3.38. The van der Waals surface area contributed by atoms with Gasteiger partial charge in [0, 0.05) is 24.7 Å². The molecule has 178 valence electrons. The van der Waals surface area contributed by atoms with E-state index in [0.29, 0.717) is 34.7 Å². The van der Waals surface area contributed by atoms with E-state index >= 15 is 0 Å². The molecule has 1 fully saturated rings. The summed E-state index contributed by atoms with van der Waals surface area (Å²) in [4.78, 5) is 49.3. The van der Waals surface area contributed by atoms with Gasteiger partial charge in [-0.15, -0.1) is 0 Å². The monoisotopic (exact) mass is 465 g/mol. The minimum atomic E-state index is -0.726. The van der Waals surface area contributed by atoms with Gasteiger partial charge in [0.15, 0.2) is 0 Å². The molecule has 2 N–H and O–H groups in total. The van der Waals surface area contributed by atoms with Crippen LogP contribution in [0.4, 0.5) is 10.5 Å². The van der Waals surface area contributed by atoms with E-state index in [4.69, 9.17) is 9.47 Å². The minimum Gasteiger partial charge on any atom is -0.496 e. The van der Waals surface area contributed by atoms with Gasteiger partial charge in [-0.2, -0.15) is 0 Å². The molecule has 1 saturated heterocycles. The van der Waals surface area contributed by atoms with E-state index in [1.54, 1.807) is 42.5 Å². The third kappa shape index (κ3) is 6.00. The summed E-state index contributed by atoms with van der Waals surface area (Å²) in [5.74, 6) is -0.332. The van der Waals surface area contributed by atoms with Crippen LogP contribution in [0.2, 0.25) is 0 Å². The average molecular weight is 466 g/mol. The molecular formula is C25H27N3O6. The Labute approximate surface area is 197 Å². The highest BCUT2D eigenvalue weighted by Crippen LogP contribution is 2.25. The summed E-state index contributed by atoms with van der Waals surface area (Å²) >= 11 is 0. The largest absolute Gasteiger partial charge is 0.496 e. The predicted molar refractivity (Wildman–Crippen MR) is 126 cm³/mol. The van der Waals surface area contributed by atoms with Crippen molar-refractivity contribution in [1.82, 2.24) is 10.2 Å². The smallest absolute Gasteiger partial charge is 0.331 e. The molecular weight excluding hydrogens is 438 g/mol. The zero-order chi connectivity index (χ0) is 24.7. The summed E-state index contributed by atoms with van der Waals surface area (Å²) < 4.78 is 11.3. The number of nitrogens with zero attached hydrogens (tertiary/aromatic N) is 1. The van der Waals surface area contributed by atoms with Crippen molar-refractivity contribution in [2.75, 3.05) is 19.0 Å². The maximum atomic E-state index is 12.8. The van der Waals surface area contributed by atoms with Gasteiger partial charge in [-0.1, -0.05) is 19.4 Å². The number of unbranched alkanes of at least 4 members (excludes halogenated alkanes) is 1. The molecule has 0 radical (unpaired) electrons. The molecule has 2 aromatic carbocycles. The van der Waals surface area contributed by atoms with E-state index in [9.17, 15) is 19.2 Å². The van der Waals surface area contributed by atoms with Gasteiger partial charge in [0.2, 0.25) is 5.91 Å². The lowest BCUT2D eigenvalue weighted by Crippen LogP contribution is -2.54. The number of hydrogen-bond donors (Lipinski definition) is 2. The number of carbonyl (C=O) groups excluding carboxylic acids is 4. The van der Waals surface area contributed by atoms with Crippen LogP contribution in [0.25, 0.3) is 6.08 Å². The summed E-state index contributed by atoms with van der Waals surface area (Å²) in [5, 5.41) is 4.91. The first-order valence-electron chi connectivity index (χ1n) is 10.9. The normalized spacial score (nSPS) is 14.7. The average Bonchev–Trinajstić information content (AvgIpc) is 2.81. The standard InChI is InChI=1S/C25H27N3O6/c1-4-5-12-28-24(31)21(23(30)27-25(28)32)14-17-6-11-22(33-3)18(13-17)15-34-20-9-7-19(8-10-20)26-16(2)29/h6-11,13-14H,4-5,12,15H2,1-3H3,(H,26,29)(H,27,30,32)/b21-14+. The van der Waals surface area contributed by atoms with Crippen molar-refractivity contribution >= 4 is 35.5 Å². The van der Waals surface area contributed by atoms with E-state index in [1.165, 1.54) is 20.1 Å². The minimum absolute atomic E-state index is 0.110. The fraction of sp³-hybridized carbons (Fsp3) is 0.280. The van der Waals surface area contributed by atoms with Crippen LogP contribution in [0.15, 0.2) is 48.0 Å². The topological polar surface area (TPSA) is 114 Å². The van der Waals surface area contributed by atoms with Crippen LogP contribution >= 0.6 is 0 Å². The van der Waals surface area contributed by atoms with E-state index in [-0.39, 0.29) is 24.6 Å². The van der Waals surface area contributed by atoms with Gasteiger partial charge >= 0.3 is 6.03 Å². The van der Waals surface area contributed by atoms with Crippen molar-refractivity contribution in [1.29, 1.82) is 0 Å². The number of rotatable bonds is 9. The highest BCUT2D eigenvalue weighted by molar-refractivity contribution is 6.31. The van der Waals surface area contributed by atoms with Crippen LogP contribution in [0.5, 0.6) is 11.5 Å². The Morgan fingerprint density at radius 2 is 1.85 bits per heavy atom. The van der Waals surface area contributed by atoms with Gasteiger partial charge in [-0.05, 0) is 54.5 Å². The molecule has 0 bridgehead atoms. The van der Waals surface area contributed by atoms with Crippen LogP contribution in [0.3, 0.4) is 0 Å². The zero-order valence-electron chi connectivity index (χ0n) is 19.3. The number of benzene rings is 2. The maximum Gasteiger partial charge on any atom is 0.331 e. The van der Waals surface area contributed by atoms with Gasteiger partial charge in [-0.25, -0.2) is 4.79 Å². The SMILES string of the molecule is CCCCN1C(=O)NC(=O)/C(=C\c2ccc(OC)c(COc3ccc(NC(C)=O)cc3)c2)C1=O. The number of anilines is 1. The highest BCUT2D eigenvalue weighted by Gasteiger charge is 2.35. The second-order valence-corrected chi connectivity index (χ2v) is 7.69. The summed E-state index contributed by atoms with van der Waals surface area (Å²) in [5.41, 5.74) is 1.84. The van der Waals surface area contributed by atoms with Gasteiger partial charge in [0.1, 0.15) is 23.7 Å². The number of barbiturate groups is 1. The molecule has 5 amide bonds. The summed E-state index contributed by atoms with van der Waals surface area (Å²) in [6.45, 7) is 3.80. The van der Waals surface area contributed by atoms with Crippen molar-refractivity contribution < 1.29 is 28.7 Å². The predicted octanol–water partition coefficient (Wildman–Crippen LogP) is 3.49. The van der Waals surface area contributed by atoms with Crippen molar-refractivity contribution in [3.05, 3.63) is 59.2 Å². The van der Waals surface area contributed by atoms with Crippen molar-refractivity contribution in [2.24, 2.45) is 0 Å². The maximum absolute atomic E-state index is 12.8. The molecule has 3 rings (SSSR count). The first-order chi connectivity index (χ1) is 16.3. The molecule has 0 spiro atoms. The Morgan fingerprint density at radius 3 is 2.50 bits per heavy atom.